The van der Waals surface area contributed by atoms with E-state index in [4.69, 9.17) is 4.74 Å². The molecule has 11 heteroatoms. The molecule has 0 aliphatic heterocycles. The number of hydrogen-bond donors (Lipinski definition) is 2. The van der Waals surface area contributed by atoms with Gasteiger partial charge in [0.1, 0.15) is 22.2 Å². The number of ether oxygens (including phenoxy) is 1. The van der Waals surface area contributed by atoms with Crippen molar-refractivity contribution >= 4 is 56.8 Å². The maximum absolute atomic E-state index is 14.0. The number of nitrogens with one attached hydrogen (secondary N) is 2. The molecule has 1 atom stereocenters. The lowest BCUT2D eigenvalue weighted by Gasteiger charge is -2.12. The first kappa shape index (κ1) is 28.8. The van der Waals surface area contributed by atoms with E-state index in [0.717, 1.165) is 57.6 Å². The summed E-state index contributed by atoms with van der Waals surface area (Å²) in [7, 11) is 0. The predicted octanol–water partition coefficient (Wildman–Crippen LogP) is 6.20. The molecule has 2 aromatic carbocycles. The average Bonchev–Trinajstić information content (AvgIpc) is 3.62. The van der Waals surface area contributed by atoms with Crippen molar-refractivity contribution in [3.05, 3.63) is 81.9 Å². The van der Waals surface area contributed by atoms with Gasteiger partial charge in [-0.15, -0.1) is 23.1 Å². The van der Waals surface area contributed by atoms with Gasteiger partial charge < -0.3 is 19.9 Å². The van der Waals surface area contributed by atoms with Crippen molar-refractivity contribution in [2.75, 3.05) is 18.5 Å². The van der Waals surface area contributed by atoms with Crippen molar-refractivity contribution in [2.24, 2.45) is 0 Å². The summed E-state index contributed by atoms with van der Waals surface area (Å²) >= 11 is 2.83. The molecular formula is C30H29F2N3O4S2. The standard InChI is InChI=1S/C30H29F2N3O4S2/c1-3-39-30(38)25-19-9-6-13-23(19)41-29(25)34-27(36)17(2)40-24-16-35(22-12-5-4-8-18(22)24)15-14-33-28(37)26-20(31)10-7-11-21(26)32/h4-5,7-8,10-12,16-17H,3,6,9,13-15H2,1-2H3,(H,33,37)(H,34,36)/t17-/m1/s1. The lowest BCUT2D eigenvalue weighted by molar-refractivity contribution is -0.115. The van der Waals surface area contributed by atoms with Gasteiger partial charge in [-0.3, -0.25) is 9.59 Å². The van der Waals surface area contributed by atoms with E-state index in [2.05, 4.69) is 10.6 Å². The van der Waals surface area contributed by atoms with Crippen LogP contribution in [-0.2, 0) is 28.9 Å². The number of aromatic nitrogens is 1. The van der Waals surface area contributed by atoms with E-state index in [1.165, 1.54) is 29.2 Å². The first-order valence-electron chi connectivity index (χ1n) is 13.4. The van der Waals surface area contributed by atoms with Crippen LogP contribution in [0.4, 0.5) is 13.8 Å². The first-order chi connectivity index (χ1) is 19.8. The quantitative estimate of drug-likeness (QED) is 0.168. The molecule has 0 unspecified atom stereocenters. The van der Waals surface area contributed by atoms with Crippen LogP contribution in [0, 0.1) is 11.6 Å². The van der Waals surface area contributed by atoms with Gasteiger partial charge in [-0.2, -0.15) is 0 Å². The summed E-state index contributed by atoms with van der Waals surface area (Å²) in [5, 5.41) is 6.54. The number of anilines is 1. The van der Waals surface area contributed by atoms with E-state index < -0.39 is 34.3 Å². The third kappa shape index (κ3) is 6.01. The number of halogens is 2. The maximum atomic E-state index is 14.0. The number of carbonyl (C=O) groups excluding carboxylic acids is 3. The van der Waals surface area contributed by atoms with Crippen LogP contribution in [0.25, 0.3) is 10.9 Å². The number of hydrogen-bond acceptors (Lipinski definition) is 6. The molecule has 0 fully saturated rings. The number of para-hydroxylation sites is 1. The lowest BCUT2D eigenvalue weighted by atomic mass is 10.1. The van der Waals surface area contributed by atoms with Crippen LogP contribution >= 0.6 is 23.1 Å². The van der Waals surface area contributed by atoms with Crippen molar-refractivity contribution in [2.45, 2.75) is 49.8 Å². The molecule has 0 bridgehead atoms. The minimum absolute atomic E-state index is 0.144. The molecule has 2 aromatic heterocycles. The maximum Gasteiger partial charge on any atom is 0.341 e. The Morgan fingerprint density at radius 3 is 2.59 bits per heavy atom. The number of amides is 2. The Kier molecular flexibility index (Phi) is 8.74. The minimum Gasteiger partial charge on any atom is -0.462 e. The molecule has 41 heavy (non-hydrogen) atoms. The van der Waals surface area contributed by atoms with Gasteiger partial charge in [0.05, 0.1) is 17.4 Å². The number of carbonyl (C=O) groups is 3. The molecule has 1 aliphatic rings. The average molecular weight is 598 g/mol. The zero-order chi connectivity index (χ0) is 29.1. The van der Waals surface area contributed by atoms with Crippen LogP contribution < -0.4 is 10.6 Å². The largest absolute Gasteiger partial charge is 0.462 e. The summed E-state index contributed by atoms with van der Waals surface area (Å²) in [6.45, 7) is 4.32. The van der Waals surface area contributed by atoms with Crippen molar-refractivity contribution in [3.63, 3.8) is 0 Å². The number of rotatable bonds is 10. The highest BCUT2D eigenvalue weighted by atomic mass is 32.2. The van der Waals surface area contributed by atoms with Crippen LogP contribution in [0.3, 0.4) is 0 Å². The molecule has 2 heterocycles. The number of thiophene rings is 1. The molecule has 4 aromatic rings. The zero-order valence-electron chi connectivity index (χ0n) is 22.6. The van der Waals surface area contributed by atoms with Crippen LogP contribution in [0.2, 0.25) is 0 Å². The molecule has 1 aliphatic carbocycles. The summed E-state index contributed by atoms with van der Waals surface area (Å²) in [6.07, 6.45) is 4.58. The van der Waals surface area contributed by atoms with Crippen molar-refractivity contribution in [3.8, 4) is 0 Å². The van der Waals surface area contributed by atoms with Gasteiger partial charge >= 0.3 is 5.97 Å². The summed E-state index contributed by atoms with van der Waals surface area (Å²) in [6, 6.07) is 11.0. The number of aryl methyl sites for hydroxylation is 1. The number of esters is 1. The van der Waals surface area contributed by atoms with Crippen molar-refractivity contribution in [1.82, 2.24) is 9.88 Å². The highest BCUT2D eigenvalue weighted by molar-refractivity contribution is 8.00. The molecule has 5 rings (SSSR count). The van der Waals surface area contributed by atoms with Gasteiger partial charge in [-0.1, -0.05) is 24.3 Å². The summed E-state index contributed by atoms with van der Waals surface area (Å²) in [5.74, 6) is -3.28. The Bertz CT molecular complexity index is 1610. The van der Waals surface area contributed by atoms with E-state index in [9.17, 15) is 23.2 Å². The molecule has 0 saturated heterocycles. The Balaban J connectivity index is 1.28. The normalized spacial score (nSPS) is 13.2. The topological polar surface area (TPSA) is 89.4 Å². The van der Waals surface area contributed by atoms with Gasteiger partial charge in [0.15, 0.2) is 0 Å². The molecule has 0 saturated carbocycles. The lowest BCUT2D eigenvalue weighted by Crippen LogP contribution is -2.28. The van der Waals surface area contributed by atoms with E-state index in [1.54, 1.807) is 13.8 Å². The van der Waals surface area contributed by atoms with Gasteiger partial charge in [0.2, 0.25) is 5.91 Å². The highest BCUT2D eigenvalue weighted by Gasteiger charge is 2.29. The fraction of sp³-hybridized carbons (Fsp3) is 0.300. The van der Waals surface area contributed by atoms with Gasteiger partial charge in [-0.25, -0.2) is 13.6 Å². The Hall–Kier alpha value is -3.70. The van der Waals surface area contributed by atoms with E-state index in [-0.39, 0.29) is 19.1 Å². The Labute approximate surface area is 244 Å². The first-order valence-corrected chi connectivity index (χ1v) is 15.1. The predicted molar refractivity (Wildman–Crippen MR) is 157 cm³/mol. The van der Waals surface area contributed by atoms with E-state index in [1.807, 2.05) is 35.0 Å². The summed E-state index contributed by atoms with van der Waals surface area (Å²) in [4.78, 5) is 40.3. The molecule has 7 nitrogen and oxygen atoms in total. The fourth-order valence-electron chi connectivity index (χ4n) is 4.95. The third-order valence-corrected chi connectivity index (χ3v) is 9.24. The third-order valence-electron chi connectivity index (χ3n) is 6.89. The summed E-state index contributed by atoms with van der Waals surface area (Å²) in [5.41, 5.74) is 1.75. The highest BCUT2D eigenvalue weighted by Crippen LogP contribution is 2.40. The number of benzene rings is 2. The Morgan fingerprint density at radius 1 is 1.07 bits per heavy atom. The molecule has 214 valence electrons. The summed E-state index contributed by atoms with van der Waals surface area (Å²) < 4.78 is 35.1. The monoisotopic (exact) mass is 597 g/mol. The molecule has 2 amide bonds. The Morgan fingerprint density at radius 2 is 1.83 bits per heavy atom. The molecular weight excluding hydrogens is 568 g/mol. The zero-order valence-corrected chi connectivity index (χ0v) is 24.2. The van der Waals surface area contributed by atoms with Crippen molar-refractivity contribution < 1.29 is 27.9 Å². The fourth-order valence-corrected chi connectivity index (χ4v) is 7.27. The molecule has 2 N–H and O–H groups in total. The second-order valence-electron chi connectivity index (χ2n) is 9.59. The number of thioether (sulfide) groups is 1. The van der Waals surface area contributed by atoms with Crippen LogP contribution in [-0.4, -0.2) is 40.8 Å². The van der Waals surface area contributed by atoms with Crippen molar-refractivity contribution in [1.29, 1.82) is 0 Å². The van der Waals surface area contributed by atoms with Crippen LogP contribution in [0.5, 0.6) is 0 Å². The van der Waals surface area contributed by atoms with Crippen LogP contribution in [0.1, 0.15) is 51.4 Å². The van der Waals surface area contributed by atoms with Gasteiger partial charge in [0, 0.05) is 40.0 Å². The van der Waals surface area contributed by atoms with Gasteiger partial charge in [-0.05, 0) is 56.9 Å². The second kappa shape index (κ2) is 12.4. The van der Waals surface area contributed by atoms with Gasteiger partial charge in [0.25, 0.3) is 5.91 Å². The smallest absolute Gasteiger partial charge is 0.341 e. The SMILES string of the molecule is CCOC(=O)c1c(NC(=O)[C@@H](C)Sc2cn(CCNC(=O)c3c(F)cccc3F)c3ccccc23)sc2c1CCC2. The second-order valence-corrected chi connectivity index (χ2v) is 12.1. The minimum atomic E-state index is -0.915. The number of fused-ring (bicyclic) bond motifs is 2. The number of nitrogens with zero attached hydrogens (tertiary/aromatic N) is 1. The van der Waals surface area contributed by atoms with E-state index >= 15 is 0 Å². The molecule has 0 spiro atoms. The van der Waals surface area contributed by atoms with Crippen LogP contribution in [0.15, 0.2) is 53.6 Å². The molecule has 0 radical (unpaired) electrons. The van der Waals surface area contributed by atoms with E-state index in [0.29, 0.717) is 17.1 Å².